The molecule has 1 unspecified atom stereocenters. The molecule has 0 aliphatic rings. The van der Waals surface area contributed by atoms with Gasteiger partial charge in [-0.1, -0.05) is 0 Å². The molecule has 0 saturated carbocycles. The lowest BCUT2D eigenvalue weighted by Gasteiger charge is -2.09. The number of hydrogen-bond acceptors (Lipinski definition) is 4. The number of hydrogen-bond donors (Lipinski definition) is 3. The highest BCUT2D eigenvalue weighted by molar-refractivity contribution is 5.92. The maximum atomic E-state index is 10.9. The van der Waals surface area contributed by atoms with Crippen molar-refractivity contribution >= 4 is 17.0 Å². The van der Waals surface area contributed by atoms with Crippen molar-refractivity contribution < 1.29 is 20.1 Å². The lowest BCUT2D eigenvalue weighted by Crippen LogP contribution is -2.08. The second-order valence-electron chi connectivity index (χ2n) is 4.38. The van der Waals surface area contributed by atoms with Crippen molar-refractivity contribution in [1.29, 1.82) is 0 Å². The molecular formula is C13H16N2O4. The molecule has 2 aromatic rings. The Kier molecular flexibility index (Phi) is 3.82. The largest absolute Gasteiger partial charge is 0.478 e. The van der Waals surface area contributed by atoms with Gasteiger partial charge in [0, 0.05) is 13.2 Å². The number of aliphatic hydroxyl groups excluding tert-OH is 2. The van der Waals surface area contributed by atoms with E-state index in [9.17, 15) is 9.90 Å². The Morgan fingerprint density at radius 3 is 2.79 bits per heavy atom. The van der Waals surface area contributed by atoms with Crippen LogP contribution in [0.2, 0.25) is 0 Å². The molecular weight excluding hydrogens is 248 g/mol. The zero-order chi connectivity index (χ0) is 14.0. The van der Waals surface area contributed by atoms with Gasteiger partial charge in [0.15, 0.2) is 0 Å². The molecule has 6 nitrogen and oxygen atoms in total. The molecule has 6 heteroatoms. The average molecular weight is 264 g/mol. The van der Waals surface area contributed by atoms with Crippen LogP contribution in [0, 0.1) is 0 Å². The van der Waals surface area contributed by atoms with E-state index in [1.54, 1.807) is 13.0 Å². The summed E-state index contributed by atoms with van der Waals surface area (Å²) in [6.07, 6.45) is -0.203. The number of carboxylic acids is 1. The number of aryl methyl sites for hydroxylation is 1. The predicted molar refractivity (Wildman–Crippen MR) is 69.0 cm³/mol. The van der Waals surface area contributed by atoms with Gasteiger partial charge in [-0.25, -0.2) is 9.78 Å². The minimum atomic E-state index is -1.01. The van der Waals surface area contributed by atoms with Crippen molar-refractivity contribution in [2.45, 2.75) is 26.0 Å². The van der Waals surface area contributed by atoms with Crippen LogP contribution in [0.1, 0.15) is 35.6 Å². The Bertz CT molecular complexity index is 604. The number of fused-ring (bicyclic) bond motifs is 1. The lowest BCUT2D eigenvalue weighted by atomic mass is 10.2. The molecule has 0 radical (unpaired) electrons. The number of aliphatic hydroxyl groups is 2. The minimum absolute atomic E-state index is 0.0478. The van der Waals surface area contributed by atoms with E-state index in [0.29, 0.717) is 24.3 Å². The quantitative estimate of drug-likeness (QED) is 0.753. The highest BCUT2D eigenvalue weighted by Crippen LogP contribution is 2.22. The van der Waals surface area contributed by atoms with Crippen LogP contribution in [-0.2, 0) is 6.54 Å². The second-order valence-corrected chi connectivity index (χ2v) is 4.38. The van der Waals surface area contributed by atoms with E-state index in [2.05, 4.69) is 4.98 Å². The van der Waals surface area contributed by atoms with E-state index in [4.69, 9.17) is 10.2 Å². The molecule has 0 bridgehead atoms. The van der Waals surface area contributed by atoms with Gasteiger partial charge in [-0.2, -0.15) is 0 Å². The number of carbonyl (C=O) groups is 1. The molecule has 0 aliphatic heterocycles. The standard InChI is InChI=1S/C13H16N2O4/c1-8(17)12-14-10-7-9(13(18)19)3-4-11(10)15(12)5-2-6-16/h3-4,7-8,16-17H,2,5-6H2,1H3,(H,18,19). The number of carboxylic acid groups (broad SMARTS) is 1. The molecule has 0 spiro atoms. The topological polar surface area (TPSA) is 95.6 Å². The first-order valence-electron chi connectivity index (χ1n) is 6.07. The van der Waals surface area contributed by atoms with Crippen molar-refractivity contribution in [1.82, 2.24) is 9.55 Å². The van der Waals surface area contributed by atoms with Crippen molar-refractivity contribution in [3.05, 3.63) is 29.6 Å². The van der Waals surface area contributed by atoms with Crippen LogP contribution in [0.3, 0.4) is 0 Å². The van der Waals surface area contributed by atoms with E-state index in [1.165, 1.54) is 12.1 Å². The first-order chi connectivity index (χ1) is 9.04. The van der Waals surface area contributed by atoms with E-state index < -0.39 is 12.1 Å². The number of aromatic nitrogens is 2. The first-order valence-corrected chi connectivity index (χ1v) is 6.07. The average Bonchev–Trinajstić information content (AvgIpc) is 2.74. The maximum absolute atomic E-state index is 10.9. The zero-order valence-corrected chi connectivity index (χ0v) is 10.6. The smallest absolute Gasteiger partial charge is 0.335 e. The third-order valence-electron chi connectivity index (χ3n) is 2.94. The van der Waals surface area contributed by atoms with Crippen molar-refractivity contribution in [3.63, 3.8) is 0 Å². The van der Waals surface area contributed by atoms with Crippen LogP contribution >= 0.6 is 0 Å². The summed E-state index contributed by atoms with van der Waals surface area (Å²) < 4.78 is 1.81. The Morgan fingerprint density at radius 1 is 1.47 bits per heavy atom. The summed E-state index contributed by atoms with van der Waals surface area (Å²) in [5, 5.41) is 27.6. The van der Waals surface area contributed by atoms with Gasteiger partial charge in [-0.15, -0.1) is 0 Å². The van der Waals surface area contributed by atoms with E-state index in [-0.39, 0.29) is 12.2 Å². The summed E-state index contributed by atoms with van der Waals surface area (Å²) in [7, 11) is 0. The SMILES string of the molecule is CC(O)c1nc2cc(C(=O)O)ccc2n1CCCO. The minimum Gasteiger partial charge on any atom is -0.478 e. The Hall–Kier alpha value is -1.92. The number of aromatic carboxylic acids is 1. The highest BCUT2D eigenvalue weighted by Gasteiger charge is 2.15. The van der Waals surface area contributed by atoms with Gasteiger partial charge in [0.1, 0.15) is 11.9 Å². The molecule has 0 saturated heterocycles. The molecule has 1 aromatic heterocycles. The van der Waals surface area contributed by atoms with E-state index >= 15 is 0 Å². The van der Waals surface area contributed by atoms with Crippen molar-refractivity contribution in [2.75, 3.05) is 6.61 Å². The first kappa shape index (κ1) is 13.5. The number of imidazole rings is 1. The summed E-state index contributed by atoms with van der Waals surface area (Å²) in [5.74, 6) is -0.531. The highest BCUT2D eigenvalue weighted by atomic mass is 16.4. The van der Waals surface area contributed by atoms with Gasteiger partial charge in [0.05, 0.1) is 16.6 Å². The third-order valence-corrected chi connectivity index (χ3v) is 2.94. The Morgan fingerprint density at radius 2 is 2.21 bits per heavy atom. The molecule has 1 heterocycles. The molecule has 0 amide bonds. The maximum Gasteiger partial charge on any atom is 0.335 e. The van der Waals surface area contributed by atoms with Gasteiger partial charge in [-0.3, -0.25) is 0 Å². The fourth-order valence-corrected chi connectivity index (χ4v) is 2.06. The lowest BCUT2D eigenvalue weighted by molar-refractivity contribution is 0.0697. The van der Waals surface area contributed by atoms with Crippen molar-refractivity contribution in [3.8, 4) is 0 Å². The number of nitrogens with zero attached hydrogens (tertiary/aromatic N) is 2. The van der Waals surface area contributed by atoms with Gasteiger partial charge >= 0.3 is 5.97 Å². The molecule has 1 atom stereocenters. The molecule has 19 heavy (non-hydrogen) atoms. The number of rotatable bonds is 5. The van der Waals surface area contributed by atoms with Crippen LogP contribution < -0.4 is 0 Å². The summed E-state index contributed by atoms with van der Waals surface area (Å²) in [6.45, 7) is 2.18. The zero-order valence-electron chi connectivity index (χ0n) is 10.6. The predicted octanol–water partition coefficient (Wildman–Crippen LogP) is 1.17. The summed E-state index contributed by atoms with van der Waals surface area (Å²) in [6, 6.07) is 4.67. The fraction of sp³-hybridized carbons (Fsp3) is 0.385. The van der Waals surface area contributed by atoms with Crippen LogP contribution in [0.15, 0.2) is 18.2 Å². The van der Waals surface area contributed by atoms with E-state index in [1.807, 2.05) is 4.57 Å². The van der Waals surface area contributed by atoms with Gasteiger partial charge in [0.2, 0.25) is 0 Å². The molecule has 0 fully saturated rings. The fourth-order valence-electron chi connectivity index (χ4n) is 2.06. The molecule has 2 rings (SSSR count). The third kappa shape index (κ3) is 2.59. The molecule has 0 aliphatic carbocycles. The summed E-state index contributed by atoms with van der Waals surface area (Å²) >= 11 is 0. The normalized spacial score (nSPS) is 12.8. The monoisotopic (exact) mass is 264 g/mol. The van der Waals surface area contributed by atoms with Crippen LogP contribution in [0.5, 0.6) is 0 Å². The van der Waals surface area contributed by atoms with Gasteiger partial charge in [-0.05, 0) is 31.5 Å². The number of benzene rings is 1. The van der Waals surface area contributed by atoms with E-state index in [0.717, 1.165) is 5.52 Å². The molecule has 102 valence electrons. The van der Waals surface area contributed by atoms with Crippen molar-refractivity contribution in [2.24, 2.45) is 0 Å². The molecule has 3 N–H and O–H groups in total. The van der Waals surface area contributed by atoms with Crippen LogP contribution in [0.4, 0.5) is 0 Å². The molecule has 1 aromatic carbocycles. The summed E-state index contributed by atoms with van der Waals surface area (Å²) in [4.78, 5) is 15.2. The Balaban J connectivity index is 2.56. The van der Waals surface area contributed by atoms with Crippen LogP contribution in [0.25, 0.3) is 11.0 Å². The van der Waals surface area contributed by atoms with Gasteiger partial charge in [0.25, 0.3) is 0 Å². The van der Waals surface area contributed by atoms with Gasteiger partial charge < -0.3 is 19.9 Å². The Labute approximate surface area is 109 Å². The second kappa shape index (κ2) is 5.38. The van der Waals surface area contributed by atoms with Crippen LogP contribution in [-0.4, -0.2) is 37.4 Å². The summed E-state index contributed by atoms with van der Waals surface area (Å²) in [5.41, 5.74) is 1.46.